The topological polar surface area (TPSA) is 67.9 Å². The molecule has 1 spiro atoms. The highest BCUT2D eigenvalue weighted by Gasteiger charge is 2.48. The Morgan fingerprint density at radius 1 is 1.06 bits per heavy atom. The predicted molar refractivity (Wildman–Crippen MR) is 140 cm³/mol. The van der Waals surface area contributed by atoms with E-state index >= 15 is 0 Å². The molecule has 3 aliphatic heterocycles. The van der Waals surface area contributed by atoms with Crippen LogP contribution in [-0.4, -0.2) is 80.0 Å². The number of hydrogen-bond donors (Lipinski definition) is 2. The van der Waals surface area contributed by atoms with Crippen LogP contribution in [-0.2, 0) is 9.59 Å². The zero-order valence-electron chi connectivity index (χ0n) is 21.0. The number of nitrogens with zero attached hydrogens (tertiary/aromatic N) is 3. The second kappa shape index (κ2) is 10.6. The normalized spacial score (nSPS) is 25.6. The smallest absolute Gasteiger partial charge is 0.238 e. The lowest BCUT2D eigenvalue weighted by Gasteiger charge is -2.35. The molecule has 0 bridgehead atoms. The van der Waals surface area contributed by atoms with Crippen molar-refractivity contribution in [1.29, 1.82) is 0 Å². The van der Waals surface area contributed by atoms with Gasteiger partial charge in [0.15, 0.2) is 0 Å². The van der Waals surface area contributed by atoms with Gasteiger partial charge in [-0.2, -0.15) is 0 Å². The van der Waals surface area contributed by atoms with Gasteiger partial charge in [0.25, 0.3) is 0 Å². The first-order chi connectivity index (χ1) is 17.4. The Hall–Kier alpha value is -2.97. The second-order valence-electron chi connectivity index (χ2n) is 10.6. The Labute approximate surface area is 212 Å². The molecular formula is C28H36FN5O2. The molecule has 2 amide bonds. The molecule has 0 saturated carbocycles. The van der Waals surface area contributed by atoms with Gasteiger partial charge < -0.3 is 20.4 Å². The Kier molecular flexibility index (Phi) is 7.25. The Balaban J connectivity index is 1.24. The van der Waals surface area contributed by atoms with Crippen molar-refractivity contribution >= 4 is 23.2 Å². The summed E-state index contributed by atoms with van der Waals surface area (Å²) < 4.78 is 13.6. The van der Waals surface area contributed by atoms with Crippen molar-refractivity contribution in [1.82, 2.24) is 15.1 Å². The van der Waals surface area contributed by atoms with E-state index in [0.29, 0.717) is 19.5 Å². The molecule has 3 heterocycles. The fraction of sp³-hybridized carbons (Fsp3) is 0.500. The molecule has 2 atom stereocenters. The maximum atomic E-state index is 13.6. The van der Waals surface area contributed by atoms with Crippen LogP contribution in [0.5, 0.6) is 0 Å². The third-order valence-electron chi connectivity index (χ3n) is 7.94. The number of amides is 2. The number of nitrogens with one attached hydrogen (secondary N) is 2. The van der Waals surface area contributed by atoms with E-state index in [1.54, 1.807) is 0 Å². The Bertz CT molecular complexity index is 1070. The summed E-state index contributed by atoms with van der Waals surface area (Å²) in [6.07, 6.45) is 3.21. The lowest BCUT2D eigenvalue weighted by molar-refractivity contribution is -0.122. The molecule has 36 heavy (non-hydrogen) atoms. The van der Waals surface area contributed by atoms with Crippen molar-refractivity contribution in [3.8, 4) is 0 Å². The van der Waals surface area contributed by atoms with Crippen LogP contribution < -0.4 is 15.5 Å². The summed E-state index contributed by atoms with van der Waals surface area (Å²) in [7, 11) is 2.14. The number of anilines is 2. The Morgan fingerprint density at radius 3 is 2.50 bits per heavy atom. The third-order valence-corrected chi connectivity index (χ3v) is 7.94. The van der Waals surface area contributed by atoms with Crippen molar-refractivity contribution in [2.75, 3.05) is 63.1 Å². The number of carbonyl (C=O) groups is 2. The zero-order chi connectivity index (χ0) is 25.1. The van der Waals surface area contributed by atoms with E-state index in [0.717, 1.165) is 56.7 Å². The molecule has 0 unspecified atom stereocenters. The number of likely N-dealkylation sites (tertiary alicyclic amines) is 1. The first-order valence-corrected chi connectivity index (χ1v) is 13.0. The maximum absolute atomic E-state index is 13.6. The molecule has 2 N–H and O–H groups in total. The highest BCUT2D eigenvalue weighted by molar-refractivity contribution is 5.92. The average molecular weight is 494 g/mol. The number of halogens is 1. The Morgan fingerprint density at radius 2 is 1.78 bits per heavy atom. The summed E-state index contributed by atoms with van der Waals surface area (Å²) in [4.78, 5) is 32.3. The predicted octanol–water partition coefficient (Wildman–Crippen LogP) is 3.04. The summed E-state index contributed by atoms with van der Waals surface area (Å²) in [5.74, 6) is -0.273. The quantitative estimate of drug-likeness (QED) is 0.670. The SMILES string of the molecule is CN1CCN(c2ccc(NC(=O)CN3C[C@@H](c4ccc(F)cc4)[C@@]4(CCCCC(=O)N4)C3)cc2)CC1. The number of rotatable bonds is 5. The summed E-state index contributed by atoms with van der Waals surface area (Å²) in [6, 6.07) is 14.6. The van der Waals surface area contributed by atoms with E-state index in [2.05, 4.69) is 44.5 Å². The van der Waals surface area contributed by atoms with Gasteiger partial charge in [0, 0.05) is 63.0 Å². The molecule has 0 aliphatic carbocycles. The van der Waals surface area contributed by atoms with E-state index in [-0.39, 0.29) is 30.1 Å². The fourth-order valence-electron chi connectivity index (χ4n) is 5.98. The highest BCUT2D eigenvalue weighted by atomic mass is 19.1. The van der Waals surface area contributed by atoms with Crippen molar-refractivity contribution in [3.63, 3.8) is 0 Å². The lowest BCUT2D eigenvalue weighted by atomic mass is 9.79. The van der Waals surface area contributed by atoms with Crippen LogP contribution in [0.15, 0.2) is 48.5 Å². The summed E-state index contributed by atoms with van der Waals surface area (Å²) in [6.45, 7) is 5.60. The van der Waals surface area contributed by atoms with Crippen LogP contribution in [0.2, 0.25) is 0 Å². The van der Waals surface area contributed by atoms with E-state index in [9.17, 15) is 14.0 Å². The molecule has 5 rings (SSSR count). The minimum Gasteiger partial charge on any atom is -0.369 e. The fourth-order valence-corrected chi connectivity index (χ4v) is 5.98. The molecule has 3 saturated heterocycles. The van der Waals surface area contributed by atoms with Crippen LogP contribution in [0.25, 0.3) is 0 Å². The van der Waals surface area contributed by atoms with Gasteiger partial charge in [-0.3, -0.25) is 14.5 Å². The van der Waals surface area contributed by atoms with Gasteiger partial charge in [-0.25, -0.2) is 4.39 Å². The van der Waals surface area contributed by atoms with Crippen molar-refractivity contribution in [2.24, 2.45) is 0 Å². The van der Waals surface area contributed by atoms with Crippen LogP contribution in [0.4, 0.5) is 15.8 Å². The van der Waals surface area contributed by atoms with Crippen LogP contribution >= 0.6 is 0 Å². The second-order valence-corrected chi connectivity index (χ2v) is 10.6. The van der Waals surface area contributed by atoms with Crippen LogP contribution in [0.3, 0.4) is 0 Å². The van der Waals surface area contributed by atoms with Gasteiger partial charge in [-0.15, -0.1) is 0 Å². The summed E-state index contributed by atoms with van der Waals surface area (Å²) in [5, 5.41) is 6.33. The molecule has 0 aromatic heterocycles. The first-order valence-electron chi connectivity index (χ1n) is 13.0. The summed E-state index contributed by atoms with van der Waals surface area (Å²) >= 11 is 0. The van der Waals surface area contributed by atoms with Gasteiger partial charge in [-0.1, -0.05) is 18.6 Å². The van der Waals surface area contributed by atoms with Gasteiger partial charge in [0.2, 0.25) is 11.8 Å². The molecular weight excluding hydrogens is 457 g/mol. The van der Waals surface area contributed by atoms with Crippen molar-refractivity contribution in [2.45, 2.75) is 37.1 Å². The number of hydrogen-bond acceptors (Lipinski definition) is 5. The van der Waals surface area contributed by atoms with Crippen molar-refractivity contribution in [3.05, 3.63) is 59.9 Å². The minimum atomic E-state index is -0.435. The van der Waals surface area contributed by atoms with Crippen LogP contribution in [0.1, 0.15) is 37.2 Å². The van der Waals surface area contributed by atoms with E-state index in [4.69, 9.17) is 0 Å². The standard InChI is InChI=1S/C28H36FN5O2/c1-32-14-16-34(17-15-32)24-11-9-23(10-12-24)30-27(36)19-33-18-25(21-5-7-22(29)8-6-21)28(20-33)13-3-2-4-26(35)31-28/h5-12,25H,2-4,13-20H2,1H3,(H,30,36)(H,31,35)/t25-,28+/m0/s1. The maximum Gasteiger partial charge on any atom is 0.238 e. The average Bonchev–Trinajstić information content (AvgIpc) is 3.08. The number of carbonyl (C=O) groups excluding carboxylic acids is 2. The zero-order valence-corrected chi connectivity index (χ0v) is 21.0. The van der Waals surface area contributed by atoms with Gasteiger partial charge in [0.05, 0.1) is 12.1 Å². The molecule has 8 heteroatoms. The van der Waals surface area contributed by atoms with Gasteiger partial charge >= 0.3 is 0 Å². The van der Waals surface area contributed by atoms with E-state index in [1.165, 1.54) is 17.8 Å². The molecule has 7 nitrogen and oxygen atoms in total. The largest absolute Gasteiger partial charge is 0.369 e. The number of piperazine rings is 1. The molecule has 2 aromatic rings. The molecule has 0 radical (unpaired) electrons. The lowest BCUT2D eigenvalue weighted by Crippen LogP contribution is -2.52. The minimum absolute atomic E-state index is 0.0100. The van der Waals surface area contributed by atoms with E-state index < -0.39 is 5.54 Å². The monoisotopic (exact) mass is 493 g/mol. The van der Waals surface area contributed by atoms with E-state index in [1.807, 2.05) is 24.3 Å². The highest BCUT2D eigenvalue weighted by Crippen LogP contribution is 2.41. The number of likely N-dealkylation sites (N-methyl/N-ethyl adjacent to an activating group) is 1. The molecule has 3 aliphatic rings. The molecule has 192 valence electrons. The van der Waals surface area contributed by atoms with Gasteiger partial charge in [0.1, 0.15) is 5.82 Å². The number of benzene rings is 2. The molecule has 3 fully saturated rings. The first kappa shape index (κ1) is 24.7. The van der Waals surface area contributed by atoms with Gasteiger partial charge in [-0.05, 0) is 61.9 Å². The van der Waals surface area contributed by atoms with Crippen molar-refractivity contribution < 1.29 is 14.0 Å². The third kappa shape index (κ3) is 5.55. The van der Waals surface area contributed by atoms with Crippen LogP contribution in [0, 0.1) is 5.82 Å². The summed E-state index contributed by atoms with van der Waals surface area (Å²) in [5.41, 5.74) is 2.52. The molecule has 2 aromatic carbocycles.